The molecule has 220 valence electrons. The van der Waals surface area contributed by atoms with E-state index in [9.17, 15) is 22.8 Å². The molecule has 8 nitrogen and oxygen atoms in total. The lowest BCUT2D eigenvalue weighted by Gasteiger charge is -2.40. The molecular weight excluding hydrogens is 535 g/mol. The van der Waals surface area contributed by atoms with E-state index < -0.39 is 24.7 Å². The van der Waals surface area contributed by atoms with Gasteiger partial charge in [-0.25, -0.2) is 0 Å². The van der Waals surface area contributed by atoms with Crippen LogP contribution in [0.3, 0.4) is 0 Å². The number of halogens is 3. The molecule has 1 atom stereocenters. The van der Waals surface area contributed by atoms with E-state index >= 15 is 0 Å². The van der Waals surface area contributed by atoms with Crippen molar-refractivity contribution in [2.45, 2.75) is 44.4 Å². The van der Waals surface area contributed by atoms with Crippen molar-refractivity contribution in [1.29, 1.82) is 0 Å². The molecule has 0 aliphatic carbocycles. The van der Waals surface area contributed by atoms with E-state index in [2.05, 4.69) is 20.5 Å². The van der Waals surface area contributed by atoms with Crippen LogP contribution in [0, 0.1) is 0 Å². The maximum Gasteiger partial charge on any atom is 0.405 e. The summed E-state index contributed by atoms with van der Waals surface area (Å²) in [6.45, 7) is 1.79. The highest BCUT2D eigenvalue weighted by molar-refractivity contribution is 5.82. The van der Waals surface area contributed by atoms with E-state index in [1.54, 1.807) is 12.4 Å². The first-order valence-electron chi connectivity index (χ1n) is 13.9. The summed E-state index contributed by atoms with van der Waals surface area (Å²) >= 11 is 0. The third-order valence-electron chi connectivity index (χ3n) is 7.07. The Labute approximate surface area is 237 Å². The number of alkyl halides is 3. The second kappa shape index (κ2) is 14.8. The van der Waals surface area contributed by atoms with Gasteiger partial charge >= 0.3 is 6.18 Å². The van der Waals surface area contributed by atoms with Gasteiger partial charge in [-0.3, -0.25) is 24.4 Å². The first-order chi connectivity index (χ1) is 19.8. The molecule has 1 aromatic carbocycles. The van der Waals surface area contributed by atoms with Crippen LogP contribution in [-0.2, 0) is 22.6 Å². The number of unbranched alkanes of at least 4 members (excludes halogenated alkanes) is 1. The smallest absolute Gasteiger partial charge is 0.405 e. The molecule has 1 aliphatic rings. The van der Waals surface area contributed by atoms with E-state index in [-0.39, 0.29) is 5.91 Å². The van der Waals surface area contributed by atoms with Crippen LogP contribution >= 0.6 is 0 Å². The molecule has 41 heavy (non-hydrogen) atoms. The maximum atomic E-state index is 12.8. The summed E-state index contributed by atoms with van der Waals surface area (Å²) in [6.07, 6.45) is 1.15. The molecule has 1 aliphatic heterocycles. The van der Waals surface area contributed by atoms with Crippen LogP contribution in [0.15, 0.2) is 71.4 Å². The van der Waals surface area contributed by atoms with E-state index in [1.807, 2.05) is 59.5 Å². The molecule has 1 saturated heterocycles. The minimum atomic E-state index is -4.48. The number of carbonyl (C=O) groups excluding carboxylic acids is 2. The lowest BCUT2D eigenvalue weighted by molar-refractivity contribution is -0.143. The van der Waals surface area contributed by atoms with E-state index in [0.29, 0.717) is 65.0 Å². The Morgan fingerprint density at radius 2 is 1.73 bits per heavy atom. The van der Waals surface area contributed by atoms with E-state index in [0.717, 1.165) is 22.6 Å². The standard InChI is InChI=1S/C30H36F3N5O3/c31-30(32,33)22-36-29(40)26-21-37(17-13-25-9-10-27(41-25)24-11-14-34-15-12-24)18-19-38(26)16-5-4-8-28(39)35-20-23-6-2-1-3-7-23/h1-3,6-7,9-12,14-15,26H,4-5,8,13,16-22H2,(H,35,39)(H,36,40). The van der Waals surface area contributed by atoms with Crippen LogP contribution in [0.4, 0.5) is 13.2 Å². The average Bonchev–Trinajstić information content (AvgIpc) is 3.46. The Morgan fingerprint density at radius 3 is 2.49 bits per heavy atom. The zero-order chi connectivity index (χ0) is 29.1. The lowest BCUT2D eigenvalue weighted by atomic mass is 10.1. The van der Waals surface area contributed by atoms with Gasteiger partial charge in [0.25, 0.3) is 0 Å². The molecule has 0 spiro atoms. The largest absolute Gasteiger partial charge is 0.461 e. The number of hydrogen-bond donors (Lipinski definition) is 2. The number of pyridine rings is 1. The molecule has 3 aromatic rings. The number of benzene rings is 1. The number of furan rings is 1. The van der Waals surface area contributed by atoms with Crippen molar-refractivity contribution in [1.82, 2.24) is 25.4 Å². The maximum absolute atomic E-state index is 12.8. The van der Waals surface area contributed by atoms with Gasteiger partial charge < -0.3 is 15.1 Å². The van der Waals surface area contributed by atoms with E-state index in [1.165, 1.54) is 0 Å². The van der Waals surface area contributed by atoms with Crippen molar-refractivity contribution in [3.8, 4) is 11.3 Å². The molecule has 0 saturated carbocycles. The van der Waals surface area contributed by atoms with Crippen LogP contribution in [0.25, 0.3) is 11.3 Å². The number of carbonyl (C=O) groups is 2. The minimum Gasteiger partial charge on any atom is -0.461 e. The van der Waals surface area contributed by atoms with Gasteiger partial charge in [0.05, 0.1) is 0 Å². The molecule has 0 radical (unpaired) electrons. The number of piperazine rings is 1. The van der Waals surface area contributed by atoms with Crippen LogP contribution in [0.2, 0.25) is 0 Å². The summed E-state index contributed by atoms with van der Waals surface area (Å²) in [4.78, 5) is 33.1. The fourth-order valence-electron chi connectivity index (χ4n) is 4.84. The summed E-state index contributed by atoms with van der Waals surface area (Å²) in [5, 5.41) is 4.96. The average molecular weight is 572 g/mol. The van der Waals surface area contributed by atoms with Gasteiger partial charge in [0.1, 0.15) is 24.1 Å². The third-order valence-corrected chi connectivity index (χ3v) is 7.07. The van der Waals surface area contributed by atoms with Crippen molar-refractivity contribution in [3.63, 3.8) is 0 Å². The summed E-state index contributed by atoms with van der Waals surface area (Å²) in [5.41, 5.74) is 1.95. The fourth-order valence-corrected chi connectivity index (χ4v) is 4.84. The van der Waals surface area contributed by atoms with Crippen LogP contribution in [-0.4, -0.2) is 78.1 Å². The molecule has 1 unspecified atom stereocenters. The van der Waals surface area contributed by atoms with E-state index in [4.69, 9.17) is 4.42 Å². The predicted molar refractivity (Wildman–Crippen MR) is 149 cm³/mol. The monoisotopic (exact) mass is 571 g/mol. The second-order valence-electron chi connectivity index (χ2n) is 10.2. The van der Waals surface area contributed by atoms with Gasteiger partial charge in [-0.15, -0.1) is 0 Å². The van der Waals surface area contributed by atoms with Crippen molar-refractivity contribution < 1.29 is 27.2 Å². The van der Waals surface area contributed by atoms with Gasteiger partial charge in [0, 0.05) is 63.5 Å². The number of nitrogens with one attached hydrogen (secondary N) is 2. The second-order valence-corrected chi connectivity index (χ2v) is 10.2. The SMILES string of the molecule is O=C(CCCCN1CCN(CCc2ccc(-c3ccncc3)o2)CC1C(=O)NCC(F)(F)F)NCc1ccccc1. The molecule has 0 bridgehead atoms. The summed E-state index contributed by atoms with van der Waals surface area (Å²) in [5.74, 6) is 0.849. The molecule has 1 fully saturated rings. The third kappa shape index (κ3) is 10.0. The zero-order valence-electron chi connectivity index (χ0n) is 22.9. The molecule has 4 rings (SSSR count). The molecule has 3 heterocycles. The normalized spacial score (nSPS) is 16.4. The Hall–Kier alpha value is -3.70. The number of hydrogen-bond acceptors (Lipinski definition) is 6. The molecular formula is C30H36F3N5O3. The highest BCUT2D eigenvalue weighted by Gasteiger charge is 2.35. The highest BCUT2D eigenvalue weighted by Crippen LogP contribution is 2.22. The minimum absolute atomic E-state index is 0.0526. The number of rotatable bonds is 13. The van der Waals surface area contributed by atoms with Crippen molar-refractivity contribution in [2.24, 2.45) is 0 Å². The van der Waals surface area contributed by atoms with Gasteiger partial charge in [-0.1, -0.05) is 30.3 Å². The Balaban J connectivity index is 1.25. The van der Waals surface area contributed by atoms with Gasteiger partial charge in [0.15, 0.2) is 0 Å². The number of aromatic nitrogens is 1. The van der Waals surface area contributed by atoms with Crippen LogP contribution in [0.1, 0.15) is 30.6 Å². The first kappa shape index (κ1) is 30.3. The quantitative estimate of drug-likeness (QED) is 0.301. The summed E-state index contributed by atoms with van der Waals surface area (Å²) in [6, 6.07) is 16.5. The number of nitrogens with zero attached hydrogens (tertiary/aromatic N) is 3. The van der Waals surface area contributed by atoms with Gasteiger partial charge in [-0.05, 0) is 49.2 Å². The van der Waals surface area contributed by atoms with Crippen molar-refractivity contribution >= 4 is 11.8 Å². The molecule has 2 aromatic heterocycles. The van der Waals surface area contributed by atoms with Crippen LogP contribution < -0.4 is 10.6 Å². The van der Waals surface area contributed by atoms with Crippen molar-refractivity contribution in [2.75, 3.05) is 39.3 Å². The molecule has 2 amide bonds. The van der Waals surface area contributed by atoms with Crippen LogP contribution in [0.5, 0.6) is 0 Å². The molecule has 11 heteroatoms. The Bertz CT molecular complexity index is 1240. The lowest BCUT2D eigenvalue weighted by Crippen LogP contribution is -2.59. The Kier molecular flexibility index (Phi) is 10.9. The first-order valence-corrected chi connectivity index (χ1v) is 13.9. The zero-order valence-corrected chi connectivity index (χ0v) is 22.9. The van der Waals surface area contributed by atoms with Crippen molar-refractivity contribution in [3.05, 3.63) is 78.3 Å². The van der Waals surface area contributed by atoms with Gasteiger partial charge in [0.2, 0.25) is 11.8 Å². The predicted octanol–water partition coefficient (Wildman–Crippen LogP) is 4.04. The Morgan fingerprint density at radius 1 is 0.951 bits per heavy atom. The summed E-state index contributed by atoms with van der Waals surface area (Å²) < 4.78 is 44.3. The number of amides is 2. The van der Waals surface area contributed by atoms with Gasteiger partial charge in [-0.2, -0.15) is 13.2 Å². The fraction of sp³-hybridized carbons (Fsp3) is 0.433. The molecule has 2 N–H and O–H groups in total. The topological polar surface area (TPSA) is 90.7 Å². The highest BCUT2D eigenvalue weighted by atomic mass is 19.4. The summed E-state index contributed by atoms with van der Waals surface area (Å²) in [7, 11) is 0.